The third kappa shape index (κ3) is 9.57. The fourth-order valence-electron chi connectivity index (χ4n) is 7.74. The van der Waals surface area contributed by atoms with E-state index >= 15 is 0 Å². The average Bonchev–Trinajstić information content (AvgIpc) is 3.63. The molecule has 4 aromatic rings. The maximum Gasteiger partial charge on any atom is 0.220 e. The van der Waals surface area contributed by atoms with Crippen molar-refractivity contribution in [1.29, 1.82) is 10.5 Å². The molecule has 2 saturated heterocycles. The van der Waals surface area contributed by atoms with Gasteiger partial charge in [0.05, 0.1) is 39.9 Å². The maximum absolute atomic E-state index is 13.5. The van der Waals surface area contributed by atoms with Gasteiger partial charge in [-0.2, -0.15) is 10.5 Å². The Hall–Kier alpha value is -4.84. The van der Waals surface area contributed by atoms with E-state index in [2.05, 4.69) is 39.8 Å². The summed E-state index contributed by atoms with van der Waals surface area (Å²) in [5.74, 6) is 1.72. The Morgan fingerprint density at radius 3 is 2.39 bits per heavy atom. The van der Waals surface area contributed by atoms with Gasteiger partial charge < -0.3 is 29.7 Å². The van der Waals surface area contributed by atoms with Gasteiger partial charge in [-0.1, -0.05) is 53.5 Å². The third-order valence-corrected chi connectivity index (χ3v) is 11.4. The normalized spacial score (nSPS) is 18.4. The number of likely N-dealkylation sites (tertiary alicyclic amines) is 1. The van der Waals surface area contributed by atoms with Gasteiger partial charge in [-0.25, -0.2) is 4.39 Å². The van der Waals surface area contributed by atoms with Crippen molar-refractivity contribution in [2.75, 3.05) is 32.8 Å². The molecule has 0 spiro atoms. The molecule has 4 aromatic carbocycles. The number of rotatable bonds is 14. The zero-order valence-electron chi connectivity index (χ0n) is 31.1. The van der Waals surface area contributed by atoms with E-state index in [0.717, 1.165) is 73.1 Å². The van der Waals surface area contributed by atoms with Crippen molar-refractivity contribution in [3.8, 4) is 40.5 Å². The number of nitrogens with one attached hydrogen (secondary N) is 2. The highest BCUT2D eigenvalue weighted by Crippen LogP contribution is 2.45. The summed E-state index contributed by atoms with van der Waals surface area (Å²) in [5, 5.41) is 26.4. The first-order chi connectivity index (χ1) is 27.3. The zero-order chi connectivity index (χ0) is 39.0. The smallest absolute Gasteiger partial charge is 0.220 e. The molecular weight excluding hydrogens is 752 g/mol. The molecule has 2 fully saturated rings. The molecular formula is C44H44Cl2FN5O4. The minimum Gasteiger partial charge on any atom is -0.492 e. The number of halogens is 3. The van der Waals surface area contributed by atoms with E-state index in [1.54, 1.807) is 18.2 Å². The molecule has 1 aliphatic carbocycles. The van der Waals surface area contributed by atoms with E-state index in [-0.39, 0.29) is 24.7 Å². The van der Waals surface area contributed by atoms with E-state index in [1.807, 2.05) is 36.4 Å². The minimum atomic E-state index is -0.678. The van der Waals surface area contributed by atoms with Gasteiger partial charge in [-0.3, -0.25) is 4.79 Å². The first kappa shape index (κ1) is 39.4. The Balaban J connectivity index is 1.07. The Labute approximate surface area is 337 Å². The van der Waals surface area contributed by atoms with Gasteiger partial charge in [0, 0.05) is 62.4 Å². The highest BCUT2D eigenvalue weighted by molar-refractivity contribution is 6.35. The summed E-state index contributed by atoms with van der Waals surface area (Å²) >= 11 is 13.9. The van der Waals surface area contributed by atoms with E-state index in [9.17, 15) is 19.7 Å². The molecule has 12 heteroatoms. The molecule has 290 valence electrons. The van der Waals surface area contributed by atoms with E-state index in [1.165, 1.54) is 0 Å². The van der Waals surface area contributed by atoms with Crippen LogP contribution in [0, 0.1) is 22.7 Å². The molecule has 1 amide bonds. The molecule has 56 heavy (non-hydrogen) atoms. The van der Waals surface area contributed by atoms with Gasteiger partial charge in [-0.15, -0.1) is 0 Å². The van der Waals surface area contributed by atoms with Crippen LogP contribution in [0.1, 0.15) is 78.0 Å². The number of piperidine rings is 2. The number of benzene rings is 4. The van der Waals surface area contributed by atoms with Crippen molar-refractivity contribution in [2.24, 2.45) is 0 Å². The zero-order valence-corrected chi connectivity index (χ0v) is 32.6. The third-order valence-electron chi connectivity index (χ3n) is 10.7. The van der Waals surface area contributed by atoms with Crippen molar-refractivity contribution < 1.29 is 23.4 Å². The summed E-state index contributed by atoms with van der Waals surface area (Å²) in [4.78, 5) is 14.0. The Morgan fingerprint density at radius 1 is 0.875 bits per heavy atom. The van der Waals surface area contributed by atoms with Crippen LogP contribution in [-0.2, 0) is 24.4 Å². The number of carbonyl (C=O) groups excluding carboxylic acids is 1. The summed E-state index contributed by atoms with van der Waals surface area (Å²) in [6, 6.07) is 25.0. The van der Waals surface area contributed by atoms with E-state index in [0.29, 0.717) is 82.9 Å². The topological polar surface area (TPSA) is 120 Å². The van der Waals surface area contributed by atoms with Gasteiger partial charge >= 0.3 is 0 Å². The van der Waals surface area contributed by atoms with Crippen molar-refractivity contribution in [3.63, 3.8) is 0 Å². The summed E-state index contributed by atoms with van der Waals surface area (Å²) in [7, 11) is 0. The fraction of sp³-hybridized carbons (Fsp3) is 0.386. The fourth-order valence-corrected chi connectivity index (χ4v) is 8.25. The minimum absolute atomic E-state index is 0.0500. The van der Waals surface area contributed by atoms with Crippen molar-refractivity contribution in [3.05, 3.63) is 110 Å². The molecule has 0 radical (unpaired) electrons. The van der Waals surface area contributed by atoms with Crippen LogP contribution < -0.4 is 24.8 Å². The van der Waals surface area contributed by atoms with Crippen LogP contribution in [0.5, 0.6) is 17.2 Å². The maximum atomic E-state index is 13.5. The first-order valence-electron chi connectivity index (χ1n) is 19.2. The van der Waals surface area contributed by atoms with Gasteiger partial charge in [0.1, 0.15) is 36.1 Å². The van der Waals surface area contributed by atoms with Crippen molar-refractivity contribution >= 4 is 29.1 Å². The van der Waals surface area contributed by atoms with Gasteiger partial charge in [-0.05, 0) is 91.1 Å². The molecule has 7 rings (SSSR count). The summed E-state index contributed by atoms with van der Waals surface area (Å²) < 4.78 is 32.7. The molecule has 2 heterocycles. The second kappa shape index (κ2) is 18.4. The largest absolute Gasteiger partial charge is 0.492 e. The van der Waals surface area contributed by atoms with Crippen LogP contribution in [0.25, 0.3) is 11.1 Å². The molecule has 0 aromatic heterocycles. The highest BCUT2D eigenvalue weighted by atomic mass is 35.5. The van der Waals surface area contributed by atoms with Crippen LogP contribution >= 0.6 is 23.2 Å². The van der Waals surface area contributed by atoms with Crippen molar-refractivity contribution in [2.45, 2.75) is 76.4 Å². The number of hydrogen-bond donors (Lipinski definition) is 2. The number of amides is 1. The monoisotopic (exact) mass is 795 g/mol. The predicted octanol–water partition coefficient (Wildman–Crippen LogP) is 8.62. The molecule has 3 aliphatic rings. The molecule has 0 bridgehead atoms. The second-order valence-corrected chi connectivity index (χ2v) is 15.4. The number of carbonyl (C=O) groups is 1. The number of nitriles is 2. The van der Waals surface area contributed by atoms with Gasteiger partial charge in [0.15, 0.2) is 0 Å². The number of ether oxygens (including phenoxy) is 3. The standard InChI is InChI=1S/C44H44Cl2FN5O4/c45-38-21-31(25-50-33-8-11-43(53)51-26-33)41(55-27-30-19-28(23-48)18-29(20-30)24-49)22-42(38)56-39-10-9-35-34(4-1-5-36(35)39)37-6-2-7-40(44(37)46)54-17-3-14-52-15-12-32(47)13-16-52/h1-2,4-7,18-22,32-33,39,50H,3,8-17,25-27H2,(H,51,53)/t33-,39-/m0/s1. The number of fused-ring (bicyclic) bond motifs is 1. The number of alkyl halides is 1. The molecule has 0 saturated carbocycles. The lowest BCUT2D eigenvalue weighted by atomic mass is 9.96. The second-order valence-electron chi connectivity index (χ2n) is 14.6. The van der Waals surface area contributed by atoms with Crippen LogP contribution in [0.15, 0.2) is 66.7 Å². The Kier molecular flexibility index (Phi) is 12.9. The lowest BCUT2D eigenvalue weighted by Gasteiger charge is -2.28. The lowest BCUT2D eigenvalue weighted by Crippen LogP contribution is -2.45. The van der Waals surface area contributed by atoms with Gasteiger partial charge in [0.2, 0.25) is 5.91 Å². The van der Waals surface area contributed by atoms with Crippen LogP contribution in [0.2, 0.25) is 10.0 Å². The predicted molar refractivity (Wildman–Crippen MR) is 214 cm³/mol. The van der Waals surface area contributed by atoms with Crippen LogP contribution in [0.4, 0.5) is 4.39 Å². The summed E-state index contributed by atoms with van der Waals surface area (Å²) in [5.41, 5.74) is 6.41. The van der Waals surface area contributed by atoms with Crippen molar-refractivity contribution in [1.82, 2.24) is 15.5 Å². The average molecular weight is 797 g/mol. The lowest BCUT2D eigenvalue weighted by molar-refractivity contribution is -0.122. The molecule has 9 nitrogen and oxygen atoms in total. The molecule has 0 unspecified atom stereocenters. The Morgan fingerprint density at radius 2 is 1.64 bits per heavy atom. The summed E-state index contributed by atoms with van der Waals surface area (Å²) in [6.45, 7) is 4.07. The molecule has 2 aliphatic heterocycles. The highest BCUT2D eigenvalue weighted by Gasteiger charge is 2.29. The first-order valence-corrected chi connectivity index (χ1v) is 20.0. The van der Waals surface area contributed by atoms with Gasteiger partial charge in [0.25, 0.3) is 0 Å². The molecule has 2 N–H and O–H groups in total. The molecule has 2 atom stereocenters. The van der Waals surface area contributed by atoms with Crippen LogP contribution in [0.3, 0.4) is 0 Å². The van der Waals surface area contributed by atoms with E-state index < -0.39 is 6.17 Å². The number of nitrogens with zero attached hydrogens (tertiary/aromatic N) is 3. The quantitative estimate of drug-likeness (QED) is 0.122. The van der Waals surface area contributed by atoms with E-state index in [4.69, 9.17) is 37.4 Å². The van der Waals surface area contributed by atoms with Crippen LogP contribution in [-0.4, -0.2) is 55.8 Å². The Bertz CT molecular complexity index is 2100. The summed E-state index contributed by atoms with van der Waals surface area (Å²) in [6.07, 6.45) is 3.80. The SMILES string of the molecule is N#Cc1cc(C#N)cc(COc2cc(O[C@H]3CCc4c(-c5cccc(OCCCN6CCC(F)CC6)c5Cl)cccc43)c(Cl)cc2CN[C@H]2CCC(=O)NC2)c1. The number of hydrogen-bond acceptors (Lipinski definition) is 8.